The summed E-state index contributed by atoms with van der Waals surface area (Å²) in [5.74, 6) is 0.235. The molecule has 0 bridgehead atoms. The minimum atomic E-state index is -0.942. The first-order chi connectivity index (χ1) is 12.8. The number of carboxylic acid groups (broad SMARTS) is 1. The number of allylic oxidation sites excluding steroid dienone is 3. The lowest BCUT2D eigenvalue weighted by atomic mass is 9.48. The molecule has 3 fully saturated rings. The zero-order valence-electron chi connectivity index (χ0n) is 16.6. The van der Waals surface area contributed by atoms with E-state index in [9.17, 15) is 9.59 Å². The Kier molecular flexibility index (Phi) is 4.72. The van der Waals surface area contributed by atoms with Crippen molar-refractivity contribution in [2.45, 2.75) is 77.7 Å². The highest BCUT2D eigenvalue weighted by Gasteiger charge is 2.59. The van der Waals surface area contributed by atoms with Gasteiger partial charge in [-0.05, 0) is 49.4 Å². The third-order valence-corrected chi connectivity index (χ3v) is 8.22. The van der Waals surface area contributed by atoms with E-state index in [-0.39, 0.29) is 30.3 Å². The first-order valence-electron chi connectivity index (χ1n) is 10.6. The normalized spacial score (nSPS) is 42.5. The van der Waals surface area contributed by atoms with Crippen molar-refractivity contribution in [1.82, 2.24) is 0 Å². The van der Waals surface area contributed by atoms with Gasteiger partial charge in [-0.2, -0.15) is 0 Å². The second-order valence-corrected chi connectivity index (χ2v) is 9.65. The number of carboxylic acids is 1. The molecule has 0 radical (unpaired) electrons. The monoisotopic (exact) mass is 372 g/mol. The molecule has 4 rings (SSSR count). The molecule has 0 aromatic rings. The minimum Gasteiger partial charge on any atom is -0.481 e. The maximum atomic E-state index is 12.4. The average molecular weight is 373 g/mol. The number of carbonyl (C=O) groups is 2. The predicted octanol–water partition coefficient (Wildman–Crippen LogP) is 4.89. The van der Waals surface area contributed by atoms with Crippen LogP contribution in [-0.2, 0) is 14.3 Å². The van der Waals surface area contributed by atoms with Crippen LogP contribution in [0.2, 0.25) is 0 Å². The molecule has 6 atom stereocenters. The van der Waals surface area contributed by atoms with Crippen LogP contribution >= 0.6 is 0 Å². The molecule has 4 heteroatoms. The molecule has 148 valence electrons. The number of esters is 1. The highest BCUT2D eigenvalue weighted by Crippen LogP contribution is 2.64. The maximum Gasteiger partial charge on any atom is 0.306 e. The molecule has 4 aliphatic carbocycles. The molecule has 0 heterocycles. The third-order valence-electron chi connectivity index (χ3n) is 8.22. The Morgan fingerprint density at radius 3 is 2.78 bits per heavy atom. The molecule has 0 unspecified atom stereocenters. The molecule has 4 nitrogen and oxygen atoms in total. The summed E-state index contributed by atoms with van der Waals surface area (Å²) in [6, 6.07) is 0. The average Bonchev–Trinajstić information content (AvgIpc) is 3.02. The molecule has 0 aliphatic heterocycles. The molecular weight excluding hydrogens is 340 g/mol. The zero-order valence-corrected chi connectivity index (χ0v) is 16.6. The summed E-state index contributed by atoms with van der Waals surface area (Å²) in [5.41, 5.74) is 1.89. The second kappa shape index (κ2) is 6.79. The molecule has 0 spiro atoms. The van der Waals surface area contributed by atoms with Crippen molar-refractivity contribution in [3.8, 4) is 0 Å². The SMILES string of the molecule is C[C@@]12CCC[C@H]1[C@@H]1[C@H](OC(=O)CCC(=O)O)CC3=CCC=C[C@]3(C)[C@H]1CC2. The van der Waals surface area contributed by atoms with E-state index in [0.29, 0.717) is 23.2 Å². The Morgan fingerprint density at radius 1 is 1.19 bits per heavy atom. The van der Waals surface area contributed by atoms with E-state index in [1.807, 2.05) is 0 Å². The van der Waals surface area contributed by atoms with Crippen molar-refractivity contribution < 1.29 is 19.4 Å². The fraction of sp³-hybridized carbons (Fsp3) is 0.739. The topological polar surface area (TPSA) is 63.6 Å². The standard InChI is InChI=1S/C23H32O4/c1-22-11-5-7-16(22)21-17(10-13-22)23(2)12-4-3-6-15(23)14-18(21)27-20(26)9-8-19(24)25/h4,6,12,16-18,21H,3,5,7-11,13-14H2,1-2H3,(H,24,25)/t16-,17-,18+,21-,22-,23-/m0/s1. The van der Waals surface area contributed by atoms with Crippen molar-refractivity contribution in [3.63, 3.8) is 0 Å². The summed E-state index contributed by atoms with van der Waals surface area (Å²) in [7, 11) is 0. The maximum absolute atomic E-state index is 12.4. The number of rotatable bonds is 4. The number of aliphatic carboxylic acids is 1. The van der Waals surface area contributed by atoms with E-state index in [1.54, 1.807) is 0 Å². The number of ether oxygens (including phenoxy) is 1. The molecule has 0 aromatic heterocycles. The van der Waals surface area contributed by atoms with E-state index < -0.39 is 5.97 Å². The first kappa shape index (κ1) is 18.8. The quantitative estimate of drug-likeness (QED) is 0.563. The van der Waals surface area contributed by atoms with Crippen LogP contribution in [0.15, 0.2) is 23.8 Å². The summed E-state index contributed by atoms with van der Waals surface area (Å²) < 4.78 is 5.99. The Labute approximate surface area is 162 Å². The second-order valence-electron chi connectivity index (χ2n) is 9.65. The van der Waals surface area contributed by atoms with E-state index >= 15 is 0 Å². The number of hydrogen-bond acceptors (Lipinski definition) is 3. The van der Waals surface area contributed by atoms with Crippen LogP contribution < -0.4 is 0 Å². The largest absolute Gasteiger partial charge is 0.481 e. The lowest BCUT2D eigenvalue weighted by molar-refractivity contribution is -0.165. The van der Waals surface area contributed by atoms with Crippen LogP contribution in [0.5, 0.6) is 0 Å². The molecule has 0 amide bonds. The van der Waals surface area contributed by atoms with Gasteiger partial charge in [0.05, 0.1) is 12.8 Å². The fourth-order valence-corrected chi connectivity index (χ4v) is 6.83. The molecule has 4 aliphatic rings. The third kappa shape index (κ3) is 3.15. The molecule has 27 heavy (non-hydrogen) atoms. The minimum absolute atomic E-state index is 0.0264. The van der Waals surface area contributed by atoms with Gasteiger partial charge in [-0.15, -0.1) is 0 Å². The van der Waals surface area contributed by atoms with E-state index in [1.165, 1.54) is 37.7 Å². The van der Waals surface area contributed by atoms with Gasteiger partial charge in [0.2, 0.25) is 0 Å². The van der Waals surface area contributed by atoms with E-state index in [2.05, 4.69) is 32.1 Å². The van der Waals surface area contributed by atoms with Gasteiger partial charge in [-0.1, -0.05) is 44.1 Å². The Balaban J connectivity index is 1.62. The van der Waals surface area contributed by atoms with Gasteiger partial charge >= 0.3 is 11.9 Å². The van der Waals surface area contributed by atoms with Crippen LogP contribution in [0.1, 0.15) is 71.6 Å². The lowest BCUT2D eigenvalue weighted by Crippen LogP contribution is -2.54. The molecular formula is C23H32O4. The first-order valence-corrected chi connectivity index (χ1v) is 10.6. The fourth-order valence-electron chi connectivity index (χ4n) is 6.83. The van der Waals surface area contributed by atoms with Crippen LogP contribution in [0.25, 0.3) is 0 Å². The van der Waals surface area contributed by atoms with Crippen LogP contribution in [-0.4, -0.2) is 23.1 Å². The van der Waals surface area contributed by atoms with Crippen molar-refractivity contribution >= 4 is 11.9 Å². The van der Waals surface area contributed by atoms with Gasteiger partial charge in [0.1, 0.15) is 6.10 Å². The van der Waals surface area contributed by atoms with Gasteiger partial charge in [0, 0.05) is 17.8 Å². The Bertz CT molecular complexity index is 692. The number of fused-ring (bicyclic) bond motifs is 5. The summed E-state index contributed by atoms with van der Waals surface area (Å²) in [5, 5.41) is 8.88. The smallest absolute Gasteiger partial charge is 0.306 e. The molecule has 0 saturated heterocycles. The summed E-state index contributed by atoms with van der Waals surface area (Å²) in [4.78, 5) is 23.2. The van der Waals surface area contributed by atoms with Gasteiger partial charge in [0.15, 0.2) is 0 Å². The van der Waals surface area contributed by atoms with Crippen LogP contribution in [0.3, 0.4) is 0 Å². The summed E-state index contributed by atoms with van der Waals surface area (Å²) in [6.45, 7) is 4.82. The van der Waals surface area contributed by atoms with E-state index in [4.69, 9.17) is 9.84 Å². The Hall–Kier alpha value is -1.58. The van der Waals surface area contributed by atoms with Crippen molar-refractivity contribution in [1.29, 1.82) is 0 Å². The summed E-state index contributed by atoms with van der Waals surface area (Å²) in [6.07, 6.45) is 14.8. The summed E-state index contributed by atoms with van der Waals surface area (Å²) >= 11 is 0. The highest BCUT2D eigenvalue weighted by molar-refractivity contribution is 5.76. The predicted molar refractivity (Wildman–Crippen MR) is 103 cm³/mol. The van der Waals surface area contributed by atoms with Crippen LogP contribution in [0, 0.1) is 28.6 Å². The van der Waals surface area contributed by atoms with Gasteiger partial charge in [0.25, 0.3) is 0 Å². The molecule has 3 saturated carbocycles. The van der Waals surface area contributed by atoms with E-state index in [0.717, 1.165) is 12.8 Å². The van der Waals surface area contributed by atoms with Gasteiger partial charge in [-0.3, -0.25) is 9.59 Å². The zero-order chi connectivity index (χ0) is 19.2. The molecule has 0 aromatic carbocycles. The van der Waals surface area contributed by atoms with Crippen molar-refractivity contribution in [3.05, 3.63) is 23.8 Å². The van der Waals surface area contributed by atoms with Crippen molar-refractivity contribution in [2.75, 3.05) is 0 Å². The van der Waals surface area contributed by atoms with Gasteiger partial charge in [-0.25, -0.2) is 0 Å². The van der Waals surface area contributed by atoms with Crippen molar-refractivity contribution in [2.24, 2.45) is 28.6 Å². The molecule has 1 N–H and O–H groups in total. The Morgan fingerprint density at radius 2 is 2.00 bits per heavy atom. The number of carbonyl (C=O) groups excluding carboxylic acids is 1. The van der Waals surface area contributed by atoms with Crippen LogP contribution in [0.4, 0.5) is 0 Å². The highest BCUT2D eigenvalue weighted by atomic mass is 16.5. The van der Waals surface area contributed by atoms with Gasteiger partial charge < -0.3 is 9.84 Å². The lowest BCUT2D eigenvalue weighted by Gasteiger charge is -2.58. The number of hydrogen-bond donors (Lipinski definition) is 1.